The van der Waals surface area contributed by atoms with Gasteiger partial charge < -0.3 is 9.73 Å². The Morgan fingerprint density at radius 2 is 2.15 bits per heavy atom. The summed E-state index contributed by atoms with van der Waals surface area (Å²) in [7, 11) is 0. The van der Waals surface area contributed by atoms with Gasteiger partial charge in [0.1, 0.15) is 6.26 Å². The molecule has 0 unspecified atom stereocenters. The van der Waals surface area contributed by atoms with E-state index in [1.54, 1.807) is 24.3 Å². The molecule has 1 N–H and O–H groups in total. The summed E-state index contributed by atoms with van der Waals surface area (Å²) >= 11 is 0. The molecule has 0 saturated carbocycles. The Hall–Kier alpha value is -2.68. The van der Waals surface area contributed by atoms with E-state index in [4.69, 9.17) is 9.68 Å². The number of alkyl halides is 1. The van der Waals surface area contributed by atoms with Crippen LogP contribution in [0.3, 0.4) is 0 Å². The lowest BCUT2D eigenvalue weighted by molar-refractivity contribution is -0.121. The van der Waals surface area contributed by atoms with Crippen LogP contribution in [0.1, 0.15) is 11.3 Å². The maximum absolute atomic E-state index is 11.9. The number of carbonyl (C=O) groups is 1. The molecule has 1 aromatic carbocycles. The maximum Gasteiger partial charge on any atom is 0.251 e. The first-order chi connectivity index (χ1) is 9.72. The first kappa shape index (κ1) is 13.7. The third-order valence-corrected chi connectivity index (χ3v) is 2.64. The van der Waals surface area contributed by atoms with E-state index in [1.807, 2.05) is 6.07 Å². The molecule has 0 aliphatic rings. The van der Waals surface area contributed by atoms with Gasteiger partial charge in [-0.25, -0.2) is 9.37 Å². The summed E-state index contributed by atoms with van der Waals surface area (Å²) in [5.74, 6) is -0.192. The van der Waals surface area contributed by atoms with Gasteiger partial charge in [0, 0.05) is 18.5 Å². The van der Waals surface area contributed by atoms with Crippen molar-refractivity contribution in [3.05, 3.63) is 41.8 Å². The monoisotopic (exact) mass is 273 g/mol. The first-order valence-electron chi connectivity index (χ1n) is 6.00. The number of carbonyl (C=O) groups excluding carboxylic acids is 1. The lowest BCUT2D eigenvalue weighted by Crippen LogP contribution is -2.26. The van der Waals surface area contributed by atoms with Crippen molar-refractivity contribution in [1.82, 2.24) is 10.3 Å². The van der Waals surface area contributed by atoms with Crippen molar-refractivity contribution in [2.75, 3.05) is 13.2 Å². The zero-order valence-electron chi connectivity index (χ0n) is 10.6. The summed E-state index contributed by atoms with van der Waals surface area (Å²) in [6.45, 7) is -0.711. The van der Waals surface area contributed by atoms with Crippen LogP contribution in [0.2, 0.25) is 0 Å². The highest BCUT2D eigenvalue weighted by molar-refractivity contribution is 5.76. The number of nitrogens with one attached hydrogen (secondary N) is 1. The second-order valence-electron chi connectivity index (χ2n) is 4.07. The quantitative estimate of drug-likeness (QED) is 0.901. The minimum Gasteiger partial charge on any atom is -0.444 e. The Morgan fingerprint density at radius 1 is 1.40 bits per heavy atom. The Balaban J connectivity index is 1.97. The minimum absolute atomic E-state index is 0.308. The van der Waals surface area contributed by atoms with Gasteiger partial charge in [-0.05, 0) is 24.3 Å². The van der Waals surface area contributed by atoms with Crippen LogP contribution in [0, 0.1) is 11.3 Å². The molecular formula is C14H12FN3O2. The lowest BCUT2D eigenvalue weighted by atomic mass is 10.1. The van der Waals surface area contributed by atoms with E-state index in [1.165, 1.54) is 6.26 Å². The molecule has 1 amide bonds. The average molecular weight is 273 g/mol. The number of aromatic nitrogens is 1. The van der Waals surface area contributed by atoms with Gasteiger partial charge >= 0.3 is 0 Å². The second-order valence-corrected chi connectivity index (χ2v) is 4.07. The van der Waals surface area contributed by atoms with E-state index in [2.05, 4.69) is 10.3 Å². The van der Waals surface area contributed by atoms with E-state index in [0.717, 1.165) is 5.56 Å². The number of halogens is 1. The Bertz CT molecular complexity index is 629. The molecule has 0 spiro atoms. The van der Waals surface area contributed by atoms with Gasteiger partial charge in [-0.15, -0.1) is 0 Å². The van der Waals surface area contributed by atoms with E-state index in [-0.39, 0.29) is 0 Å². The second kappa shape index (κ2) is 6.48. The Labute approximate surface area is 115 Å². The zero-order chi connectivity index (χ0) is 14.4. The SMILES string of the molecule is N#Cc1ccc(-c2nc(CCNC(=O)CF)co2)cc1. The number of rotatable bonds is 5. The van der Waals surface area contributed by atoms with Crippen molar-refractivity contribution in [1.29, 1.82) is 5.26 Å². The van der Waals surface area contributed by atoms with Crippen LogP contribution >= 0.6 is 0 Å². The van der Waals surface area contributed by atoms with Crippen LogP contribution in [-0.4, -0.2) is 24.1 Å². The molecule has 5 nitrogen and oxygen atoms in total. The van der Waals surface area contributed by atoms with Crippen LogP contribution in [0.5, 0.6) is 0 Å². The van der Waals surface area contributed by atoms with E-state index in [9.17, 15) is 9.18 Å². The number of hydrogen-bond acceptors (Lipinski definition) is 4. The molecule has 0 bridgehead atoms. The predicted molar refractivity (Wildman–Crippen MR) is 69.3 cm³/mol. The highest BCUT2D eigenvalue weighted by Gasteiger charge is 2.07. The molecule has 1 aromatic heterocycles. The lowest BCUT2D eigenvalue weighted by Gasteiger charge is -1.98. The van der Waals surface area contributed by atoms with Crippen molar-refractivity contribution >= 4 is 5.91 Å². The summed E-state index contributed by atoms with van der Waals surface area (Å²) in [6, 6.07) is 8.89. The normalized spacial score (nSPS) is 10.0. The van der Waals surface area contributed by atoms with Crippen molar-refractivity contribution in [2.24, 2.45) is 0 Å². The minimum atomic E-state index is -1.02. The van der Waals surface area contributed by atoms with Crippen LogP contribution in [0.25, 0.3) is 11.5 Å². The summed E-state index contributed by atoms with van der Waals surface area (Å²) in [5.41, 5.74) is 2.00. The standard InChI is InChI=1S/C14H12FN3O2/c15-7-13(19)17-6-5-12-9-20-14(18-12)11-3-1-10(8-16)2-4-11/h1-4,9H,5-7H2,(H,17,19). The smallest absolute Gasteiger partial charge is 0.251 e. The molecule has 0 saturated heterocycles. The third kappa shape index (κ3) is 3.42. The van der Waals surface area contributed by atoms with E-state index in [0.29, 0.717) is 30.1 Å². The molecule has 0 fully saturated rings. The highest BCUT2D eigenvalue weighted by atomic mass is 19.1. The summed E-state index contributed by atoms with van der Waals surface area (Å²) in [4.78, 5) is 15.0. The number of benzene rings is 1. The Kier molecular flexibility index (Phi) is 4.45. The van der Waals surface area contributed by atoms with Crippen LogP contribution in [0.15, 0.2) is 34.9 Å². The van der Waals surface area contributed by atoms with Crippen molar-refractivity contribution in [3.63, 3.8) is 0 Å². The average Bonchev–Trinajstić information content (AvgIpc) is 2.96. The largest absolute Gasteiger partial charge is 0.444 e. The van der Waals surface area contributed by atoms with Gasteiger partial charge in [0.05, 0.1) is 17.3 Å². The highest BCUT2D eigenvalue weighted by Crippen LogP contribution is 2.19. The van der Waals surface area contributed by atoms with Gasteiger partial charge in [0.25, 0.3) is 5.91 Å². The molecule has 0 aliphatic heterocycles. The molecular weight excluding hydrogens is 261 g/mol. The molecule has 6 heteroatoms. The topological polar surface area (TPSA) is 78.9 Å². The molecule has 0 atom stereocenters. The van der Waals surface area contributed by atoms with Crippen molar-refractivity contribution in [3.8, 4) is 17.5 Å². The maximum atomic E-state index is 11.9. The van der Waals surface area contributed by atoms with Gasteiger partial charge in [0.15, 0.2) is 6.67 Å². The first-order valence-corrected chi connectivity index (χ1v) is 6.00. The van der Waals surface area contributed by atoms with Crippen LogP contribution in [0.4, 0.5) is 4.39 Å². The molecule has 2 aromatic rings. The number of amides is 1. The fourth-order valence-corrected chi connectivity index (χ4v) is 1.62. The molecule has 0 aliphatic carbocycles. The fourth-order valence-electron chi connectivity index (χ4n) is 1.62. The predicted octanol–water partition coefficient (Wildman–Crippen LogP) is 1.84. The number of oxazole rings is 1. The molecule has 1 heterocycles. The number of hydrogen-bond donors (Lipinski definition) is 1. The van der Waals surface area contributed by atoms with E-state index < -0.39 is 12.6 Å². The fraction of sp³-hybridized carbons (Fsp3) is 0.214. The third-order valence-electron chi connectivity index (χ3n) is 2.64. The van der Waals surface area contributed by atoms with Gasteiger partial charge in [0.2, 0.25) is 5.89 Å². The summed E-state index contributed by atoms with van der Waals surface area (Å²) in [6.07, 6.45) is 1.96. The molecule has 102 valence electrons. The molecule has 0 radical (unpaired) electrons. The molecule has 20 heavy (non-hydrogen) atoms. The van der Waals surface area contributed by atoms with E-state index >= 15 is 0 Å². The van der Waals surface area contributed by atoms with Gasteiger partial charge in [-0.1, -0.05) is 0 Å². The number of nitriles is 1. The van der Waals surface area contributed by atoms with Crippen molar-refractivity contribution in [2.45, 2.75) is 6.42 Å². The van der Waals surface area contributed by atoms with Crippen LogP contribution in [-0.2, 0) is 11.2 Å². The number of nitrogens with zero attached hydrogens (tertiary/aromatic N) is 2. The van der Waals surface area contributed by atoms with Crippen molar-refractivity contribution < 1.29 is 13.6 Å². The van der Waals surface area contributed by atoms with Crippen LogP contribution < -0.4 is 5.32 Å². The zero-order valence-corrected chi connectivity index (χ0v) is 10.6. The summed E-state index contributed by atoms with van der Waals surface area (Å²) < 4.78 is 17.3. The van der Waals surface area contributed by atoms with Gasteiger partial charge in [-0.2, -0.15) is 5.26 Å². The molecule has 2 rings (SSSR count). The summed E-state index contributed by atoms with van der Waals surface area (Å²) in [5, 5.41) is 11.1. The van der Waals surface area contributed by atoms with Gasteiger partial charge in [-0.3, -0.25) is 4.79 Å². The Morgan fingerprint density at radius 3 is 2.80 bits per heavy atom.